The molecule has 0 bridgehead atoms. The van der Waals surface area contributed by atoms with E-state index < -0.39 is 29.5 Å². The normalized spacial score (nSPS) is 14.6. The van der Waals surface area contributed by atoms with Gasteiger partial charge in [0.1, 0.15) is 0 Å². The van der Waals surface area contributed by atoms with Crippen LogP contribution in [0.15, 0.2) is 24.3 Å². The minimum Gasteiger partial charge on any atom is -0.216 e. The highest BCUT2D eigenvalue weighted by atomic mass is 19.4. The molecule has 0 amide bonds. The van der Waals surface area contributed by atoms with Crippen LogP contribution >= 0.6 is 0 Å². The molecule has 0 N–H and O–H groups in total. The first-order valence-electron chi connectivity index (χ1n) is 4.52. The lowest BCUT2D eigenvalue weighted by Crippen LogP contribution is -2.63. The fourth-order valence-electron chi connectivity index (χ4n) is 1.31. The highest BCUT2D eigenvalue weighted by molar-refractivity contribution is 5.26. The van der Waals surface area contributed by atoms with Crippen molar-refractivity contribution in [1.82, 2.24) is 0 Å². The fourth-order valence-corrected chi connectivity index (χ4v) is 1.31. The van der Waals surface area contributed by atoms with Crippen LogP contribution in [0.5, 0.6) is 0 Å². The molecule has 0 aliphatic rings. The Labute approximate surface area is 100 Å². The van der Waals surface area contributed by atoms with Crippen molar-refractivity contribution in [3.63, 3.8) is 0 Å². The maximum absolute atomic E-state index is 13.4. The molecule has 0 fully saturated rings. The van der Waals surface area contributed by atoms with Crippen molar-refractivity contribution in [1.29, 1.82) is 0 Å². The summed E-state index contributed by atoms with van der Waals surface area (Å²) in [4.78, 5) is 0. The monoisotopic (exact) mass is 295 g/mol. The predicted octanol–water partition coefficient (Wildman–Crippen LogP) is 4.41. The molecule has 0 aliphatic heterocycles. The van der Waals surface area contributed by atoms with E-state index in [-0.39, 0.29) is 12.1 Å². The van der Waals surface area contributed by atoms with Gasteiger partial charge in [0.05, 0.1) is 0 Å². The molecule has 1 aromatic rings. The summed E-state index contributed by atoms with van der Waals surface area (Å²) in [5.74, 6) is -5.82. The Bertz CT molecular complexity index is 415. The highest BCUT2D eigenvalue weighted by Crippen LogP contribution is 2.58. The van der Waals surface area contributed by atoms with Gasteiger partial charge in [-0.3, -0.25) is 0 Å². The Morgan fingerprint density at radius 1 is 0.684 bits per heavy atom. The molecule has 0 saturated heterocycles. The Morgan fingerprint density at radius 2 is 1.05 bits per heavy atom. The van der Waals surface area contributed by atoms with Gasteiger partial charge in [-0.05, 0) is 6.07 Å². The molecule has 0 aromatic heterocycles. The Hall–Kier alpha value is -1.41. The SMILES string of the molecule is FC(F)(F)C(F)(C(F)(F)F)C(F)(F)c1cc[c]cc1. The van der Waals surface area contributed by atoms with Crippen molar-refractivity contribution >= 4 is 0 Å². The summed E-state index contributed by atoms with van der Waals surface area (Å²) < 4.78 is 113. The first-order valence-corrected chi connectivity index (χ1v) is 4.52. The van der Waals surface area contributed by atoms with E-state index in [1.165, 1.54) is 0 Å². The molecule has 1 rings (SSSR count). The fraction of sp³-hybridized carbons (Fsp3) is 0.400. The molecular weight excluding hydrogens is 291 g/mol. The summed E-state index contributed by atoms with van der Waals surface area (Å²) in [6.45, 7) is 0. The third-order valence-corrected chi connectivity index (χ3v) is 2.29. The number of hydrogen-bond donors (Lipinski definition) is 0. The van der Waals surface area contributed by atoms with Crippen molar-refractivity contribution in [3.8, 4) is 0 Å². The summed E-state index contributed by atoms with van der Waals surface area (Å²) in [5.41, 5.74) is -8.42. The molecule has 0 spiro atoms. The average molecular weight is 295 g/mol. The van der Waals surface area contributed by atoms with Crippen LogP contribution in [-0.2, 0) is 5.92 Å². The lowest BCUT2D eigenvalue weighted by atomic mass is 9.90. The summed E-state index contributed by atoms with van der Waals surface area (Å²) in [7, 11) is 0. The van der Waals surface area contributed by atoms with E-state index in [1.54, 1.807) is 0 Å². The van der Waals surface area contributed by atoms with Gasteiger partial charge in [-0.15, -0.1) is 0 Å². The topological polar surface area (TPSA) is 0 Å². The highest BCUT2D eigenvalue weighted by Gasteiger charge is 2.84. The van der Waals surface area contributed by atoms with Crippen LogP contribution in [0.1, 0.15) is 5.56 Å². The molecule has 0 saturated carbocycles. The molecule has 0 atom stereocenters. The van der Waals surface area contributed by atoms with E-state index in [0.29, 0.717) is 12.1 Å². The quantitative estimate of drug-likeness (QED) is 0.709. The van der Waals surface area contributed by atoms with Crippen LogP contribution in [0.3, 0.4) is 0 Å². The van der Waals surface area contributed by atoms with Gasteiger partial charge in [-0.25, -0.2) is 4.39 Å². The predicted molar refractivity (Wildman–Crippen MR) is 45.1 cm³/mol. The van der Waals surface area contributed by atoms with Crippen LogP contribution in [0.2, 0.25) is 0 Å². The maximum atomic E-state index is 13.4. The molecule has 1 radical (unpaired) electrons. The summed E-state index contributed by atoms with van der Waals surface area (Å²) in [6.07, 6.45) is -13.7. The van der Waals surface area contributed by atoms with Crippen molar-refractivity contribution in [2.75, 3.05) is 0 Å². The molecule has 19 heavy (non-hydrogen) atoms. The number of alkyl halides is 9. The van der Waals surface area contributed by atoms with Crippen molar-refractivity contribution in [2.45, 2.75) is 23.9 Å². The maximum Gasteiger partial charge on any atom is 0.438 e. The molecule has 9 heteroatoms. The summed E-state index contributed by atoms with van der Waals surface area (Å²) >= 11 is 0. The van der Waals surface area contributed by atoms with Crippen molar-refractivity contribution < 1.29 is 39.5 Å². The zero-order valence-electron chi connectivity index (χ0n) is 8.71. The lowest BCUT2D eigenvalue weighted by molar-refractivity contribution is -0.400. The lowest BCUT2D eigenvalue weighted by Gasteiger charge is -2.36. The molecule has 0 aliphatic carbocycles. The van der Waals surface area contributed by atoms with Gasteiger partial charge < -0.3 is 0 Å². The minimum absolute atomic E-state index is 0.228. The van der Waals surface area contributed by atoms with Crippen LogP contribution in [0.4, 0.5) is 39.5 Å². The van der Waals surface area contributed by atoms with E-state index in [0.717, 1.165) is 0 Å². The molecule has 0 heterocycles. The Balaban J connectivity index is 3.51. The van der Waals surface area contributed by atoms with Gasteiger partial charge in [0, 0.05) is 5.56 Å². The zero-order chi connectivity index (χ0) is 15.1. The Morgan fingerprint density at radius 3 is 1.37 bits per heavy atom. The molecule has 0 unspecified atom stereocenters. The minimum atomic E-state index is -6.83. The number of benzene rings is 1. The summed E-state index contributed by atoms with van der Waals surface area (Å²) in [6, 6.07) is 3.87. The van der Waals surface area contributed by atoms with Crippen LogP contribution < -0.4 is 0 Å². The van der Waals surface area contributed by atoms with Gasteiger partial charge in [-0.2, -0.15) is 35.1 Å². The van der Waals surface area contributed by atoms with E-state index in [9.17, 15) is 39.5 Å². The van der Waals surface area contributed by atoms with E-state index in [2.05, 4.69) is 6.07 Å². The second-order valence-electron chi connectivity index (χ2n) is 3.52. The van der Waals surface area contributed by atoms with Crippen molar-refractivity contribution in [3.05, 3.63) is 35.9 Å². The van der Waals surface area contributed by atoms with Crippen molar-refractivity contribution in [2.24, 2.45) is 0 Å². The molecule has 107 valence electrons. The second-order valence-corrected chi connectivity index (χ2v) is 3.52. The second kappa shape index (κ2) is 4.31. The zero-order valence-corrected chi connectivity index (χ0v) is 8.71. The van der Waals surface area contributed by atoms with Crippen LogP contribution in [0.25, 0.3) is 0 Å². The average Bonchev–Trinajstić information content (AvgIpc) is 2.26. The van der Waals surface area contributed by atoms with Crippen LogP contribution in [-0.4, -0.2) is 18.0 Å². The standard InChI is InChI=1S/C10H4F9/c11-7(12,6-4-2-1-3-5-6)8(13,9(14,15)16)10(17,18)19/h2-5H. The first-order chi connectivity index (χ1) is 8.36. The van der Waals surface area contributed by atoms with E-state index in [4.69, 9.17) is 0 Å². The number of rotatable bonds is 2. The molecular formula is C10H4F9. The molecule has 1 aromatic carbocycles. The van der Waals surface area contributed by atoms with Crippen LogP contribution in [0, 0.1) is 6.07 Å². The van der Waals surface area contributed by atoms with Gasteiger partial charge in [0.15, 0.2) is 0 Å². The third-order valence-electron chi connectivity index (χ3n) is 2.29. The van der Waals surface area contributed by atoms with Gasteiger partial charge in [-0.1, -0.05) is 24.3 Å². The smallest absolute Gasteiger partial charge is 0.216 e. The number of halogens is 9. The van der Waals surface area contributed by atoms with Gasteiger partial charge in [0.25, 0.3) is 0 Å². The largest absolute Gasteiger partial charge is 0.438 e. The third kappa shape index (κ3) is 2.25. The van der Waals surface area contributed by atoms with E-state index in [1.807, 2.05) is 0 Å². The summed E-state index contributed by atoms with van der Waals surface area (Å²) in [5, 5.41) is 0. The first kappa shape index (κ1) is 15.6. The molecule has 0 nitrogen and oxygen atoms in total. The van der Waals surface area contributed by atoms with Gasteiger partial charge >= 0.3 is 23.9 Å². The van der Waals surface area contributed by atoms with E-state index >= 15 is 0 Å². The number of hydrogen-bond acceptors (Lipinski definition) is 0. The Kier molecular flexibility index (Phi) is 3.55. The van der Waals surface area contributed by atoms with Gasteiger partial charge in [0.2, 0.25) is 0 Å².